The Hall–Kier alpha value is -0.700. The van der Waals surface area contributed by atoms with Crippen LogP contribution in [0.2, 0.25) is 0 Å². The van der Waals surface area contributed by atoms with Gasteiger partial charge in [-0.05, 0) is 31.0 Å². The van der Waals surface area contributed by atoms with Gasteiger partial charge in [0.1, 0.15) is 0 Å². The van der Waals surface area contributed by atoms with Crippen molar-refractivity contribution < 1.29 is 0 Å². The van der Waals surface area contributed by atoms with Crippen molar-refractivity contribution in [1.29, 1.82) is 0 Å². The van der Waals surface area contributed by atoms with Gasteiger partial charge >= 0.3 is 0 Å². The zero-order valence-corrected chi connectivity index (χ0v) is 10.3. The minimum absolute atomic E-state index is 0.666. The van der Waals surface area contributed by atoms with Gasteiger partial charge in [-0.15, -0.1) is 0 Å². The summed E-state index contributed by atoms with van der Waals surface area (Å²) in [5, 5.41) is 0. The Kier molecular flexibility index (Phi) is 2.00. The van der Waals surface area contributed by atoms with Crippen LogP contribution in [-0.4, -0.2) is 13.1 Å². The molecule has 1 saturated carbocycles. The van der Waals surface area contributed by atoms with Crippen molar-refractivity contribution in [2.45, 2.75) is 19.3 Å². The number of halogens is 1. The highest BCUT2D eigenvalue weighted by atomic mass is 79.9. The summed E-state index contributed by atoms with van der Waals surface area (Å²) in [6.45, 7) is 2.41. The summed E-state index contributed by atoms with van der Waals surface area (Å²) >= 11 is 3.43. The van der Waals surface area contributed by atoms with E-state index in [1.807, 2.05) is 6.07 Å². The van der Waals surface area contributed by atoms with Crippen LogP contribution in [0, 0.1) is 5.41 Å². The van der Waals surface area contributed by atoms with E-state index in [9.17, 15) is 0 Å². The van der Waals surface area contributed by atoms with E-state index in [0.29, 0.717) is 5.41 Å². The van der Waals surface area contributed by atoms with Crippen LogP contribution in [-0.2, 0) is 0 Å². The topological polar surface area (TPSA) is 29.3 Å². The maximum Gasteiger partial charge on any atom is 0.0601 e. The van der Waals surface area contributed by atoms with E-state index < -0.39 is 0 Å². The van der Waals surface area contributed by atoms with Gasteiger partial charge in [0.15, 0.2) is 0 Å². The fourth-order valence-corrected chi connectivity index (χ4v) is 3.12. The number of rotatable bonds is 1. The summed E-state index contributed by atoms with van der Waals surface area (Å²) in [6, 6.07) is 6.17. The highest BCUT2D eigenvalue weighted by molar-refractivity contribution is 9.10. The van der Waals surface area contributed by atoms with Gasteiger partial charge in [0, 0.05) is 23.0 Å². The molecule has 2 nitrogen and oxygen atoms in total. The molecule has 3 rings (SSSR count). The minimum Gasteiger partial charge on any atom is -0.397 e. The lowest BCUT2D eigenvalue weighted by molar-refractivity contribution is 0.0905. The molecule has 1 aliphatic heterocycles. The molecule has 2 N–H and O–H groups in total. The number of hydrogen-bond donors (Lipinski definition) is 1. The Morgan fingerprint density at radius 3 is 2.53 bits per heavy atom. The van der Waals surface area contributed by atoms with E-state index in [0.717, 1.165) is 10.2 Å². The van der Waals surface area contributed by atoms with Crippen molar-refractivity contribution >= 4 is 27.3 Å². The molecule has 1 heterocycles. The number of nitrogens with zero attached hydrogens (tertiary/aromatic N) is 1. The lowest BCUT2D eigenvalue weighted by Gasteiger charge is -2.57. The van der Waals surface area contributed by atoms with Gasteiger partial charge < -0.3 is 10.6 Å². The quantitative estimate of drug-likeness (QED) is 0.792. The fourth-order valence-electron chi connectivity index (χ4n) is 2.74. The third kappa shape index (κ3) is 1.44. The van der Waals surface area contributed by atoms with Crippen LogP contribution in [0.3, 0.4) is 0 Å². The predicted molar refractivity (Wildman–Crippen MR) is 67.1 cm³/mol. The molecule has 2 fully saturated rings. The molecular formula is C12H15BrN2. The van der Waals surface area contributed by atoms with Gasteiger partial charge in [0.05, 0.1) is 11.4 Å². The van der Waals surface area contributed by atoms with Crippen LogP contribution < -0.4 is 10.6 Å². The summed E-state index contributed by atoms with van der Waals surface area (Å²) in [5.41, 5.74) is 8.77. The van der Waals surface area contributed by atoms with Crippen molar-refractivity contribution in [3.8, 4) is 0 Å². The van der Waals surface area contributed by atoms with Crippen LogP contribution in [0.25, 0.3) is 0 Å². The molecule has 0 aromatic heterocycles. The average Bonchev–Trinajstić information content (AvgIpc) is 2.03. The van der Waals surface area contributed by atoms with Crippen molar-refractivity contribution in [1.82, 2.24) is 0 Å². The molecule has 0 radical (unpaired) electrons. The van der Waals surface area contributed by atoms with Crippen LogP contribution in [0.1, 0.15) is 19.3 Å². The zero-order valence-electron chi connectivity index (χ0n) is 8.67. The molecule has 1 spiro atoms. The Labute approximate surface area is 98.6 Å². The standard InChI is InChI=1S/C12H15BrN2/c13-9-2-3-11(10(14)6-9)15-7-12(8-15)4-1-5-12/h2-3,6H,1,4-5,7-8,14H2. The first-order chi connectivity index (χ1) is 7.19. The Morgan fingerprint density at radius 1 is 1.27 bits per heavy atom. The van der Waals surface area contributed by atoms with Gasteiger partial charge in [-0.2, -0.15) is 0 Å². The lowest BCUT2D eigenvalue weighted by atomic mass is 9.63. The van der Waals surface area contributed by atoms with Crippen molar-refractivity contribution in [3.05, 3.63) is 22.7 Å². The highest BCUT2D eigenvalue weighted by Gasteiger charge is 2.47. The van der Waals surface area contributed by atoms with Gasteiger partial charge in [-0.1, -0.05) is 22.4 Å². The Morgan fingerprint density at radius 2 is 2.00 bits per heavy atom. The number of benzene rings is 1. The van der Waals surface area contributed by atoms with E-state index in [-0.39, 0.29) is 0 Å². The smallest absolute Gasteiger partial charge is 0.0601 e. The molecule has 80 valence electrons. The van der Waals surface area contributed by atoms with Gasteiger partial charge in [0.25, 0.3) is 0 Å². The van der Waals surface area contributed by atoms with E-state index in [1.54, 1.807) is 0 Å². The Balaban J connectivity index is 1.77. The maximum atomic E-state index is 6.01. The molecule has 1 aliphatic carbocycles. The second-order valence-corrected chi connectivity index (χ2v) is 5.83. The summed E-state index contributed by atoms with van der Waals surface area (Å²) in [6.07, 6.45) is 4.25. The highest BCUT2D eigenvalue weighted by Crippen LogP contribution is 2.50. The number of nitrogens with two attached hydrogens (primary N) is 1. The summed E-state index contributed by atoms with van der Waals surface area (Å²) in [4.78, 5) is 2.40. The van der Waals surface area contributed by atoms with Crippen LogP contribution >= 0.6 is 15.9 Å². The average molecular weight is 267 g/mol. The monoisotopic (exact) mass is 266 g/mol. The first kappa shape index (κ1) is 9.52. The predicted octanol–water partition coefficient (Wildman–Crippen LogP) is 3.02. The fraction of sp³-hybridized carbons (Fsp3) is 0.500. The number of nitrogen functional groups attached to an aromatic ring is 1. The molecule has 1 aromatic carbocycles. The van der Waals surface area contributed by atoms with Crippen LogP contribution in [0.5, 0.6) is 0 Å². The third-order valence-electron chi connectivity index (χ3n) is 3.80. The summed E-state index contributed by atoms with van der Waals surface area (Å²) in [7, 11) is 0. The van der Waals surface area contributed by atoms with Crippen molar-refractivity contribution in [2.75, 3.05) is 23.7 Å². The van der Waals surface area contributed by atoms with Crippen molar-refractivity contribution in [2.24, 2.45) is 5.41 Å². The molecular weight excluding hydrogens is 252 g/mol. The normalized spacial score (nSPS) is 22.3. The van der Waals surface area contributed by atoms with E-state index in [4.69, 9.17) is 5.73 Å². The first-order valence-electron chi connectivity index (χ1n) is 5.49. The minimum atomic E-state index is 0.666. The molecule has 0 atom stereocenters. The second-order valence-electron chi connectivity index (χ2n) is 4.91. The molecule has 2 aliphatic rings. The number of hydrogen-bond acceptors (Lipinski definition) is 2. The molecule has 0 amide bonds. The van der Waals surface area contributed by atoms with E-state index in [2.05, 4.69) is 33.0 Å². The van der Waals surface area contributed by atoms with Gasteiger partial charge in [-0.25, -0.2) is 0 Å². The van der Waals surface area contributed by atoms with E-state index in [1.165, 1.54) is 38.0 Å². The SMILES string of the molecule is Nc1cc(Br)ccc1N1CC2(CCC2)C1. The molecule has 0 unspecified atom stereocenters. The largest absolute Gasteiger partial charge is 0.397 e. The van der Waals surface area contributed by atoms with Crippen LogP contribution in [0.4, 0.5) is 11.4 Å². The molecule has 1 saturated heterocycles. The summed E-state index contributed by atoms with van der Waals surface area (Å²) in [5.74, 6) is 0. The first-order valence-corrected chi connectivity index (χ1v) is 6.28. The maximum absolute atomic E-state index is 6.01. The molecule has 15 heavy (non-hydrogen) atoms. The van der Waals surface area contributed by atoms with Gasteiger partial charge in [0.2, 0.25) is 0 Å². The third-order valence-corrected chi connectivity index (χ3v) is 4.29. The number of anilines is 2. The summed E-state index contributed by atoms with van der Waals surface area (Å²) < 4.78 is 1.06. The van der Waals surface area contributed by atoms with Crippen LogP contribution in [0.15, 0.2) is 22.7 Å². The lowest BCUT2D eigenvalue weighted by Crippen LogP contribution is -2.60. The molecule has 3 heteroatoms. The van der Waals surface area contributed by atoms with Gasteiger partial charge in [-0.3, -0.25) is 0 Å². The van der Waals surface area contributed by atoms with E-state index >= 15 is 0 Å². The second kappa shape index (κ2) is 3.14. The molecule has 1 aromatic rings. The Bertz CT molecular complexity index is 391. The van der Waals surface area contributed by atoms with Crippen molar-refractivity contribution in [3.63, 3.8) is 0 Å². The molecule has 0 bridgehead atoms. The zero-order chi connectivity index (χ0) is 10.5.